The van der Waals surface area contributed by atoms with Gasteiger partial charge in [-0.15, -0.1) is 0 Å². The number of aliphatic hydroxyl groups is 2. The van der Waals surface area contributed by atoms with Crippen LogP contribution in [0.25, 0.3) is 0 Å². The predicted molar refractivity (Wildman–Crippen MR) is 38.3 cm³/mol. The minimum absolute atomic E-state index is 0.420. The molecule has 0 aromatic carbocycles. The van der Waals surface area contributed by atoms with Crippen LogP contribution in [0.5, 0.6) is 0 Å². The van der Waals surface area contributed by atoms with Crippen LogP contribution in [0, 0.1) is 0 Å². The molecule has 0 saturated heterocycles. The second-order valence-electron chi connectivity index (χ2n) is 2.55. The molecule has 3 heteroatoms. The topological polar surface area (TPSA) is 49.7 Å². The van der Waals surface area contributed by atoms with Crippen molar-refractivity contribution < 1.29 is 14.9 Å². The Morgan fingerprint density at radius 2 is 2.10 bits per heavy atom. The van der Waals surface area contributed by atoms with Crippen LogP contribution in [0.2, 0.25) is 0 Å². The minimum atomic E-state index is -1.15. The van der Waals surface area contributed by atoms with Gasteiger partial charge >= 0.3 is 0 Å². The van der Waals surface area contributed by atoms with Crippen molar-refractivity contribution in [1.29, 1.82) is 0 Å². The maximum absolute atomic E-state index is 9.26. The molecule has 0 aromatic rings. The predicted octanol–water partition coefficient (Wildman–Crippen LogP) is 0.851. The van der Waals surface area contributed by atoms with Gasteiger partial charge in [0, 0.05) is 6.42 Å². The number of ether oxygens (including phenoxy) is 1. The van der Waals surface area contributed by atoms with Crippen LogP contribution < -0.4 is 0 Å². The van der Waals surface area contributed by atoms with Crippen molar-refractivity contribution in [1.82, 2.24) is 0 Å². The first-order valence-electron chi connectivity index (χ1n) is 3.59. The first-order chi connectivity index (χ1) is 4.62. The van der Waals surface area contributed by atoms with Gasteiger partial charge in [-0.2, -0.15) is 0 Å². The molecule has 0 rings (SSSR count). The molecule has 0 aliphatic rings. The Balaban J connectivity index is 3.42. The quantitative estimate of drug-likeness (QED) is 0.568. The molecule has 0 saturated carbocycles. The Kier molecular flexibility index (Phi) is 4.60. The van der Waals surface area contributed by atoms with Crippen LogP contribution in [0.1, 0.15) is 33.1 Å². The van der Waals surface area contributed by atoms with Crippen LogP contribution in [-0.2, 0) is 4.74 Å². The molecule has 0 fully saturated rings. The second-order valence-corrected chi connectivity index (χ2v) is 2.55. The normalized spacial score (nSPS) is 16.8. The smallest absolute Gasteiger partial charge is 0.165 e. The fraction of sp³-hybridized carbons (Fsp3) is 1.00. The van der Waals surface area contributed by atoms with E-state index >= 15 is 0 Å². The lowest BCUT2D eigenvalue weighted by atomic mass is 10.1. The van der Waals surface area contributed by atoms with Gasteiger partial charge in [0.05, 0.1) is 0 Å². The summed E-state index contributed by atoms with van der Waals surface area (Å²) in [5.74, 6) is -1.15. The van der Waals surface area contributed by atoms with E-state index in [2.05, 4.69) is 4.74 Å². The molecular weight excluding hydrogens is 132 g/mol. The highest BCUT2D eigenvalue weighted by molar-refractivity contribution is 4.57. The van der Waals surface area contributed by atoms with Gasteiger partial charge in [-0.3, -0.25) is 0 Å². The molecule has 0 radical (unpaired) electrons. The van der Waals surface area contributed by atoms with E-state index in [1.165, 1.54) is 0 Å². The summed E-state index contributed by atoms with van der Waals surface area (Å²) in [5.41, 5.74) is 0. The zero-order chi connectivity index (χ0) is 8.04. The molecule has 3 nitrogen and oxygen atoms in total. The van der Waals surface area contributed by atoms with E-state index in [9.17, 15) is 5.11 Å². The van der Waals surface area contributed by atoms with E-state index in [1.54, 1.807) is 6.92 Å². The molecule has 0 bridgehead atoms. The third kappa shape index (κ3) is 4.73. The molecule has 0 amide bonds. The molecule has 0 aliphatic heterocycles. The van der Waals surface area contributed by atoms with Crippen molar-refractivity contribution in [3.8, 4) is 0 Å². The van der Waals surface area contributed by atoms with E-state index in [-0.39, 0.29) is 0 Å². The zero-order valence-electron chi connectivity index (χ0n) is 6.63. The molecule has 1 unspecified atom stereocenters. The van der Waals surface area contributed by atoms with Crippen LogP contribution in [0.4, 0.5) is 0 Å². The van der Waals surface area contributed by atoms with E-state index in [1.807, 2.05) is 6.92 Å². The van der Waals surface area contributed by atoms with Gasteiger partial charge in [0.25, 0.3) is 0 Å². The standard InChI is InChI=1S/C7H16O3/c1-3-4-5-7(2,9)10-6-8/h8-9H,3-6H2,1-2H3. The van der Waals surface area contributed by atoms with Crippen LogP contribution in [0.3, 0.4) is 0 Å². The number of unbranched alkanes of at least 4 members (excludes halogenated alkanes) is 1. The molecule has 0 aromatic heterocycles. The van der Waals surface area contributed by atoms with Gasteiger partial charge in [0.15, 0.2) is 5.79 Å². The average Bonchev–Trinajstić information content (AvgIpc) is 1.84. The highest BCUT2D eigenvalue weighted by atomic mass is 16.7. The van der Waals surface area contributed by atoms with Crippen molar-refractivity contribution in [2.24, 2.45) is 0 Å². The Morgan fingerprint density at radius 3 is 2.50 bits per heavy atom. The second kappa shape index (κ2) is 4.66. The first kappa shape index (κ1) is 9.88. The van der Waals surface area contributed by atoms with Crippen molar-refractivity contribution in [3.05, 3.63) is 0 Å². The summed E-state index contributed by atoms with van der Waals surface area (Å²) in [6, 6.07) is 0. The van der Waals surface area contributed by atoms with Crippen molar-refractivity contribution in [2.75, 3.05) is 6.79 Å². The van der Waals surface area contributed by atoms with Gasteiger partial charge < -0.3 is 14.9 Å². The molecular formula is C7H16O3. The average molecular weight is 148 g/mol. The van der Waals surface area contributed by atoms with E-state index in [0.717, 1.165) is 12.8 Å². The molecule has 1 atom stereocenters. The third-order valence-corrected chi connectivity index (χ3v) is 1.37. The van der Waals surface area contributed by atoms with Crippen LogP contribution >= 0.6 is 0 Å². The Bertz CT molecular complexity index is 80.9. The number of aliphatic hydroxyl groups excluding tert-OH is 1. The molecule has 2 N–H and O–H groups in total. The molecule has 62 valence electrons. The number of rotatable bonds is 5. The lowest BCUT2D eigenvalue weighted by molar-refractivity contribution is -0.229. The summed E-state index contributed by atoms with van der Waals surface area (Å²) < 4.78 is 4.64. The summed E-state index contributed by atoms with van der Waals surface area (Å²) in [5, 5.41) is 17.6. The summed E-state index contributed by atoms with van der Waals surface area (Å²) >= 11 is 0. The van der Waals surface area contributed by atoms with E-state index in [0.29, 0.717) is 6.42 Å². The Hall–Kier alpha value is -0.120. The first-order valence-corrected chi connectivity index (χ1v) is 3.59. The summed E-state index contributed by atoms with van der Waals surface area (Å²) in [7, 11) is 0. The van der Waals surface area contributed by atoms with Gasteiger partial charge in [0.1, 0.15) is 6.79 Å². The zero-order valence-corrected chi connectivity index (χ0v) is 6.63. The summed E-state index contributed by atoms with van der Waals surface area (Å²) in [6.45, 7) is 3.17. The van der Waals surface area contributed by atoms with Crippen molar-refractivity contribution in [3.63, 3.8) is 0 Å². The maximum Gasteiger partial charge on any atom is 0.165 e. The van der Waals surface area contributed by atoms with E-state index in [4.69, 9.17) is 5.11 Å². The summed E-state index contributed by atoms with van der Waals surface area (Å²) in [4.78, 5) is 0. The summed E-state index contributed by atoms with van der Waals surface area (Å²) in [6.07, 6.45) is 2.50. The fourth-order valence-corrected chi connectivity index (χ4v) is 0.716. The molecule has 0 heterocycles. The van der Waals surface area contributed by atoms with Crippen LogP contribution in [0.15, 0.2) is 0 Å². The highest BCUT2D eigenvalue weighted by Gasteiger charge is 2.18. The minimum Gasteiger partial charge on any atom is -0.371 e. The number of hydrogen-bond donors (Lipinski definition) is 2. The maximum atomic E-state index is 9.26. The van der Waals surface area contributed by atoms with Gasteiger partial charge in [-0.1, -0.05) is 13.3 Å². The fourth-order valence-electron chi connectivity index (χ4n) is 0.716. The van der Waals surface area contributed by atoms with Crippen molar-refractivity contribution >= 4 is 0 Å². The van der Waals surface area contributed by atoms with Crippen LogP contribution in [-0.4, -0.2) is 22.8 Å². The SMILES string of the molecule is CCCCC(C)(O)OCO. The molecule has 0 aliphatic carbocycles. The monoisotopic (exact) mass is 148 g/mol. The Morgan fingerprint density at radius 1 is 1.50 bits per heavy atom. The van der Waals surface area contributed by atoms with E-state index < -0.39 is 12.6 Å². The third-order valence-electron chi connectivity index (χ3n) is 1.37. The van der Waals surface area contributed by atoms with Gasteiger partial charge in [-0.25, -0.2) is 0 Å². The van der Waals surface area contributed by atoms with Gasteiger partial charge in [-0.05, 0) is 13.3 Å². The lowest BCUT2D eigenvalue weighted by Crippen LogP contribution is -2.28. The molecule has 10 heavy (non-hydrogen) atoms. The number of hydrogen-bond acceptors (Lipinski definition) is 3. The molecule has 0 spiro atoms. The lowest BCUT2D eigenvalue weighted by Gasteiger charge is -2.21. The van der Waals surface area contributed by atoms with Crippen molar-refractivity contribution in [2.45, 2.75) is 38.9 Å². The largest absolute Gasteiger partial charge is 0.371 e. The van der Waals surface area contributed by atoms with Gasteiger partial charge in [0.2, 0.25) is 0 Å². The Labute approximate surface area is 61.6 Å². The highest BCUT2D eigenvalue weighted by Crippen LogP contribution is 2.13.